The third-order valence-electron chi connectivity index (χ3n) is 5.57. The van der Waals surface area contributed by atoms with Gasteiger partial charge in [-0.1, -0.05) is 30.3 Å². The monoisotopic (exact) mass is 462 g/mol. The van der Waals surface area contributed by atoms with Gasteiger partial charge < -0.3 is 14.7 Å². The number of hydrogen-bond acceptors (Lipinski definition) is 4. The average Bonchev–Trinajstić information content (AvgIpc) is 2.78. The summed E-state index contributed by atoms with van der Waals surface area (Å²) < 4.78 is 45.5. The number of aliphatic hydroxyl groups is 1. The molecule has 3 rings (SSSR count). The topological polar surface area (TPSA) is 53.0 Å². The van der Waals surface area contributed by atoms with Crippen molar-refractivity contribution >= 4 is 5.91 Å². The molecule has 0 saturated heterocycles. The van der Waals surface area contributed by atoms with Crippen LogP contribution in [-0.4, -0.2) is 59.8 Å². The summed E-state index contributed by atoms with van der Waals surface area (Å²) in [7, 11) is 3.28. The molecule has 2 atom stereocenters. The van der Waals surface area contributed by atoms with E-state index in [-0.39, 0.29) is 18.5 Å². The van der Waals surface area contributed by atoms with Crippen LogP contribution in [0.4, 0.5) is 13.2 Å². The van der Waals surface area contributed by atoms with Gasteiger partial charge in [0.1, 0.15) is 11.5 Å². The van der Waals surface area contributed by atoms with Crippen molar-refractivity contribution in [1.29, 1.82) is 0 Å². The van der Waals surface area contributed by atoms with Crippen LogP contribution >= 0.6 is 0 Å². The molecule has 178 valence electrons. The van der Waals surface area contributed by atoms with Crippen molar-refractivity contribution in [3.63, 3.8) is 0 Å². The van der Waals surface area contributed by atoms with Crippen molar-refractivity contribution in [1.82, 2.24) is 9.80 Å². The molecule has 0 heterocycles. The van der Waals surface area contributed by atoms with Gasteiger partial charge in [0, 0.05) is 45.2 Å². The van der Waals surface area contributed by atoms with E-state index >= 15 is 0 Å². The summed E-state index contributed by atoms with van der Waals surface area (Å²) in [5, 5.41) is 9.81. The number of para-hydroxylation sites is 1. The zero-order chi connectivity index (χ0) is 24.0. The Morgan fingerprint density at radius 1 is 1.15 bits per heavy atom. The number of benzene rings is 2. The molecule has 0 bridgehead atoms. The van der Waals surface area contributed by atoms with Gasteiger partial charge >= 0.3 is 6.18 Å². The molecule has 2 aromatic carbocycles. The Morgan fingerprint density at radius 3 is 2.55 bits per heavy atom. The minimum absolute atomic E-state index is 0.172. The molecule has 0 aromatic heterocycles. The summed E-state index contributed by atoms with van der Waals surface area (Å²) >= 11 is 0. The van der Waals surface area contributed by atoms with Gasteiger partial charge in [-0.05, 0) is 48.7 Å². The van der Waals surface area contributed by atoms with E-state index in [4.69, 9.17) is 4.74 Å². The number of allylic oxidation sites excluding steroid dienone is 1. The van der Waals surface area contributed by atoms with E-state index in [1.165, 1.54) is 4.90 Å². The van der Waals surface area contributed by atoms with Crippen LogP contribution in [0.2, 0.25) is 0 Å². The molecule has 0 fully saturated rings. The SMILES string of the molecule is CN(C)C(=O)c1cccc(CN(CC(O)C(F)(F)F)C2CCC=C(Oc3ccccc3)C2)c1. The van der Waals surface area contributed by atoms with Crippen molar-refractivity contribution in [2.45, 2.75) is 44.1 Å². The Morgan fingerprint density at radius 2 is 1.88 bits per heavy atom. The van der Waals surface area contributed by atoms with Crippen LogP contribution in [0.5, 0.6) is 5.75 Å². The van der Waals surface area contributed by atoms with Gasteiger partial charge in [0.2, 0.25) is 0 Å². The van der Waals surface area contributed by atoms with Crippen LogP contribution in [-0.2, 0) is 6.54 Å². The quantitative estimate of drug-likeness (QED) is 0.622. The first-order valence-electron chi connectivity index (χ1n) is 10.8. The fourth-order valence-electron chi connectivity index (χ4n) is 3.85. The Balaban J connectivity index is 1.79. The lowest BCUT2D eigenvalue weighted by Gasteiger charge is -2.36. The maximum Gasteiger partial charge on any atom is 0.415 e. The van der Waals surface area contributed by atoms with E-state index in [1.807, 2.05) is 36.4 Å². The summed E-state index contributed by atoms with van der Waals surface area (Å²) in [6, 6.07) is 15.8. The van der Waals surface area contributed by atoms with E-state index in [2.05, 4.69) is 0 Å². The highest BCUT2D eigenvalue weighted by Crippen LogP contribution is 2.29. The molecular weight excluding hydrogens is 433 g/mol. The summed E-state index contributed by atoms with van der Waals surface area (Å²) in [6.45, 7) is -0.385. The maximum atomic E-state index is 13.2. The number of nitrogens with zero attached hydrogens (tertiary/aromatic N) is 2. The fraction of sp³-hybridized carbons (Fsp3) is 0.400. The lowest BCUT2D eigenvalue weighted by atomic mass is 9.97. The van der Waals surface area contributed by atoms with Crippen LogP contribution in [0.15, 0.2) is 66.4 Å². The summed E-state index contributed by atoms with van der Waals surface area (Å²) in [4.78, 5) is 15.4. The highest BCUT2D eigenvalue weighted by atomic mass is 19.4. The van der Waals surface area contributed by atoms with Crippen molar-refractivity contribution in [2.24, 2.45) is 0 Å². The predicted octanol–water partition coefficient (Wildman–Crippen LogP) is 4.63. The van der Waals surface area contributed by atoms with Gasteiger partial charge in [-0.25, -0.2) is 0 Å². The minimum Gasteiger partial charge on any atom is -0.462 e. The Kier molecular flexibility index (Phi) is 8.15. The van der Waals surface area contributed by atoms with Gasteiger partial charge in [-0.2, -0.15) is 13.2 Å². The maximum absolute atomic E-state index is 13.2. The Labute approximate surface area is 192 Å². The van der Waals surface area contributed by atoms with Crippen molar-refractivity contribution in [3.05, 3.63) is 77.6 Å². The predicted molar refractivity (Wildman–Crippen MR) is 120 cm³/mol. The molecule has 1 aliphatic rings. The first kappa shape index (κ1) is 24.8. The molecule has 0 spiro atoms. The zero-order valence-corrected chi connectivity index (χ0v) is 18.8. The second-order valence-electron chi connectivity index (χ2n) is 8.41. The molecule has 5 nitrogen and oxygen atoms in total. The summed E-state index contributed by atoms with van der Waals surface area (Å²) in [5.41, 5.74) is 1.17. The molecule has 33 heavy (non-hydrogen) atoms. The number of rotatable bonds is 8. The molecule has 8 heteroatoms. The van der Waals surface area contributed by atoms with E-state index in [0.717, 1.165) is 0 Å². The lowest BCUT2D eigenvalue weighted by Crippen LogP contribution is -2.46. The second kappa shape index (κ2) is 10.9. The standard InChI is InChI=1S/C25H29F3N2O3/c1-29(2)24(32)19-9-6-8-18(14-19)16-30(17-23(31)25(26,27)28)20-10-7-13-22(15-20)33-21-11-4-3-5-12-21/h3-6,8-9,11-14,20,23,31H,7,10,15-17H2,1-2H3. The number of ether oxygens (including phenoxy) is 1. The minimum atomic E-state index is -4.71. The number of hydrogen-bond donors (Lipinski definition) is 1. The number of carbonyl (C=O) groups excluding carboxylic acids is 1. The largest absolute Gasteiger partial charge is 0.462 e. The van der Waals surface area contributed by atoms with Gasteiger partial charge in [0.05, 0.1) is 0 Å². The lowest BCUT2D eigenvalue weighted by molar-refractivity contribution is -0.210. The Hall–Kier alpha value is -2.84. The van der Waals surface area contributed by atoms with E-state index in [0.29, 0.717) is 41.9 Å². The van der Waals surface area contributed by atoms with Gasteiger partial charge in [-0.15, -0.1) is 0 Å². The number of carbonyl (C=O) groups is 1. The smallest absolute Gasteiger partial charge is 0.415 e. The van der Waals surface area contributed by atoms with Gasteiger partial charge in [-0.3, -0.25) is 9.69 Å². The van der Waals surface area contributed by atoms with Crippen LogP contribution < -0.4 is 4.74 Å². The van der Waals surface area contributed by atoms with Crippen molar-refractivity contribution in [3.8, 4) is 5.75 Å². The third-order valence-corrected chi connectivity index (χ3v) is 5.57. The third kappa shape index (κ3) is 7.07. The number of aliphatic hydroxyl groups excluding tert-OH is 1. The van der Waals surface area contributed by atoms with E-state index < -0.39 is 18.8 Å². The number of alkyl halides is 3. The molecule has 0 radical (unpaired) electrons. The van der Waals surface area contributed by atoms with Crippen LogP contribution in [0.25, 0.3) is 0 Å². The van der Waals surface area contributed by atoms with Crippen molar-refractivity contribution in [2.75, 3.05) is 20.6 Å². The zero-order valence-electron chi connectivity index (χ0n) is 18.8. The van der Waals surface area contributed by atoms with Crippen LogP contribution in [0.3, 0.4) is 0 Å². The van der Waals surface area contributed by atoms with Crippen LogP contribution in [0, 0.1) is 0 Å². The van der Waals surface area contributed by atoms with Crippen LogP contribution in [0.1, 0.15) is 35.2 Å². The normalized spacial score (nSPS) is 17.4. The first-order chi connectivity index (χ1) is 15.6. The molecule has 0 saturated carbocycles. The van der Waals surface area contributed by atoms with Crippen molar-refractivity contribution < 1.29 is 27.8 Å². The fourth-order valence-corrected chi connectivity index (χ4v) is 3.85. The molecule has 0 aliphatic heterocycles. The summed E-state index contributed by atoms with van der Waals surface area (Å²) in [6.07, 6.45) is -3.50. The summed E-state index contributed by atoms with van der Waals surface area (Å²) in [5.74, 6) is 1.18. The number of amides is 1. The molecular formula is C25H29F3N2O3. The molecule has 1 aliphatic carbocycles. The molecule has 1 N–H and O–H groups in total. The van der Waals surface area contributed by atoms with Gasteiger partial charge in [0.15, 0.2) is 6.10 Å². The highest BCUT2D eigenvalue weighted by Gasteiger charge is 2.40. The molecule has 1 amide bonds. The molecule has 2 aromatic rings. The average molecular weight is 463 g/mol. The Bertz CT molecular complexity index is 961. The number of halogens is 3. The highest BCUT2D eigenvalue weighted by molar-refractivity contribution is 5.94. The second-order valence-corrected chi connectivity index (χ2v) is 8.41. The van der Waals surface area contributed by atoms with E-state index in [9.17, 15) is 23.1 Å². The molecule has 2 unspecified atom stereocenters. The first-order valence-corrected chi connectivity index (χ1v) is 10.8. The van der Waals surface area contributed by atoms with Gasteiger partial charge in [0.25, 0.3) is 5.91 Å². The van der Waals surface area contributed by atoms with E-state index in [1.54, 1.807) is 43.3 Å².